The topological polar surface area (TPSA) is 20.3 Å². The lowest BCUT2D eigenvalue weighted by Gasteiger charge is -2.37. The van der Waals surface area contributed by atoms with Gasteiger partial charge in [-0.05, 0) is 56.2 Å². The smallest absolute Gasteiger partial charge is 0.254 e. The van der Waals surface area contributed by atoms with E-state index in [1.54, 1.807) is 11.8 Å². The first-order chi connectivity index (χ1) is 9.26. The summed E-state index contributed by atoms with van der Waals surface area (Å²) >= 11 is 7.45. The Kier molecular flexibility index (Phi) is 5.59. The highest BCUT2D eigenvalue weighted by atomic mass is 35.5. The lowest BCUT2D eigenvalue weighted by molar-refractivity contribution is 0.0580. The van der Waals surface area contributed by atoms with Crippen molar-refractivity contribution in [3.05, 3.63) is 29.8 Å². The van der Waals surface area contributed by atoms with Gasteiger partial charge in [0.05, 0.1) is 0 Å². The highest BCUT2D eigenvalue weighted by Gasteiger charge is 2.28. The molecule has 0 atom stereocenters. The Morgan fingerprint density at radius 3 is 2.53 bits per heavy atom. The van der Waals surface area contributed by atoms with Crippen molar-refractivity contribution in [1.82, 2.24) is 4.90 Å². The molecule has 1 aromatic carbocycles. The number of amides is 1. The van der Waals surface area contributed by atoms with Gasteiger partial charge in [0.1, 0.15) is 0 Å². The molecule has 0 aliphatic heterocycles. The molecule has 1 aliphatic carbocycles. The molecular formula is C15H20ClNOS. The van der Waals surface area contributed by atoms with E-state index in [1.807, 2.05) is 35.4 Å². The molecule has 0 bridgehead atoms. The number of thioether (sulfide) groups is 1. The Morgan fingerprint density at radius 1 is 1.37 bits per heavy atom. The Hall–Kier alpha value is -0.670. The molecule has 0 saturated heterocycles. The number of nitrogens with zero attached hydrogens (tertiary/aromatic N) is 1. The SMILES string of the molecule is CSc1ccc(C(=O)N(CCCCl)C2CCC2)cc1. The average molecular weight is 298 g/mol. The molecule has 0 unspecified atom stereocenters. The number of carbonyl (C=O) groups is 1. The quantitative estimate of drug-likeness (QED) is 0.583. The van der Waals surface area contributed by atoms with Crippen molar-refractivity contribution >= 4 is 29.3 Å². The minimum absolute atomic E-state index is 0.155. The Morgan fingerprint density at radius 2 is 2.05 bits per heavy atom. The van der Waals surface area contributed by atoms with Gasteiger partial charge in [0.15, 0.2) is 0 Å². The van der Waals surface area contributed by atoms with E-state index >= 15 is 0 Å². The minimum atomic E-state index is 0.155. The van der Waals surface area contributed by atoms with Crippen LogP contribution in [0.4, 0.5) is 0 Å². The number of hydrogen-bond acceptors (Lipinski definition) is 2. The van der Waals surface area contributed by atoms with Crippen molar-refractivity contribution in [2.75, 3.05) is 18.7 Å². The van der Waals surface area contributed by atoms with Crippen molar-refractivity contribution in [1.29, 1.82) is 0 Å². The summed E-state index contributed by atoms with van der Waals surface area (Å²) in [6.45, 7) is 0.775. The van der Waals surface area contributed by atoms with Gasteiger partial charge < -0.3 is 4.90 Å². The molecule has 0 radical (unpaired) electrons. The van der Waals surface area contributed by atoms with Crippen molar-refractivity contribution in [2.24, 2.45) is 0 Å². The molecule has 104 valence electrons. The highest BCUT2D eigenvalue weighted by molar-refractivity contribution is 7.98. The van der Waals surface area contributed by atoms with E-state index in [4.69, 9.17) is 11.6 Å². The summed E-state index contributed by atoms with van der Waals surface area (Å²) in [5, 5.41) is 0. The molecule has 0 N–H and O–H groups in total. The fraction of sp³-hybridized carbons (Fsp3) is 0.533. The summed E-state index contributed by atoms with van der Waals surface area (Å²) in [7, 11) is 0. The fourth-order valence-electron chi connectivity index (χ4n) is 2.28. The summed E-state index contributed by atoms with van der Waals surface area (Å²) in [5.41, 5.74) is 0.791. The summed E-state index contributed by atoms with van der Waals surface area (Å²) in [6.07, 6.45) is 6.42. The van der Waals surface area contributed by atoms with Crippen LogP contribution in [0.3, 0.4) is 0 Å². The molecule has 1 aromatic rings. The molecular weight excluding hydrogens is 278 g/mol. The summed E-state index contributed by atoms with van der Waals surface area (Å²) in [4.78, 5) is 15.8. The lowest BCUT2D eigenvalue weighted by Crippen LogP contribution is -2.44. The second-order valence-corrected chi connectivity index (χ2v) is 6.11. The lowest BCUT2D eigenvalue weighted by atomic mass is 9.91. The monoisotopic (exact) mass is 297 g/mol. The van der Waals surface area contributed by atoms with Crippen LogP contribution in [0.5, 0.6) is 0 Å². The molecule has 0 aromatic heterocycles. The number of halogens is 1. The van der Waals surface area contributed by atoms with Crippen LogP contribution >= 0.6 is 23.4 Å². The van der Waals surface area contributed by atoms with Crippen LogP contribution in [0, 0.1) is 0 Å². The first-order valence-electron chi connectivity index (χ1n) is 6.77. The van der Waals surface area contributed by atoms with Crippen LogP contribution in [0.25, 0.3) is 0 Å². The number of benzene rings is 1. The zero-order valence-electron chi connectivity index (χ0n) is 11.3. The second-order valence-electron chi connectivity index (χ2n) is 4.85. The molecule has 1 saturated carbocycles. The largest absolute Gasteiger partial charge is 0.336 e. The summed E-state index contributed by atoms with van der Waals surface area (Å²) in [5.74, 6) is 0.768. The molecule has 1 amide bonds. The van der Waals surface area contributed by atoms with Gasteiger partial charge in [0, 0.05) is 28.9 Å². The molecule has 4 heteroatoms. The molecule has 19 heavy (non-hydrogen) atoms. The molecule has 0 spiro atoms. The maximum Gasteiger partial charge on any atom is 0.254 e. The van der Waals surface area contributed by atoms with Gasteiger partial charge in [0.2, 0.25) is 0 Å². The van der Waals surface area contributed by atoms with Crippen LogP contribution in [0.1, 0.15) is 36.0 Å². The summed E-state index contributed by atoms with van der Waals surface area (Å²) in [6, 6.07) is 8.31. The van der Waals surface area contributed by atoms with E-state index < -0.39 is 0 Å². The van der Waals surface area contributed by atoms with Crippen LogP contribution < -0.4 is 0 Å². The van der Waals surface area contributed by atoms with Crippen molar-refractivity contribution in [2.45, 2.75) is 36.6 Å². The van der Waals surface area contributed by atoms with Gasteiger partial charge in [-0.25, -0.2) is 0 Å². The molecule has 2 rings (SSSR count). The average Bonchev–Trinajstić information content (AvgIpc) is 2.40. The first-order valence-corrected chi connectivity index (χ1v) is 8.53. The summed E-state index contributed by atoms with van der Waals surface area (Å²) < 4.78 is 0. The van der Waals surface area contributed by atoms with Crippen molar-refractivity contribution in [3.8, 4) is 0 Å². The predicted molar refractivity (Wildman–Crippen MR) is 82.2 cm³/mol. The van der Waals surface area contributed by atoms with Gasteiger partial charge in [-0.1, -0.05) is 0 Å². The molecule has 1 fully saturated rings. The standard InChI is InChI=1S/C15H20ClNOS/c1-19-14-8-6-12(7-9-14)15(18)17(11-3-10-16)13-4-2-5-13/h6-9,13H,2-5,10-11H2,1H3. The Balaban J connectivity index is 2.08. The molecule has 2 nitrogen and oxygen atoms in total. The van der Waals surface area contributed by atoms with Gasteiger partial charge in [-0.15, -0.1) is 23.4 Å². The third-order valence-corrected chi connectivity index (χ3v) is 4.66. The predicted octanol–water partition coefficient (Wildman–Crippen LogP) is 4.03. The maximum absolute atomic E-state index is 12.6. The van der Waals surface area contributed by atoms with Crippen LogP contribution in [-0.2, 0) is 0 Å². The van der Waals surface area contributed by atoms with E-state index in [2.05, 4.69) is 0 Å². The third kappa shape index (κ3) is 3.67. The number of hydrogen-bond donors (Lipinski definition) is 0. The van der Waals surface area contributed by atoms with Gasteiger partial charge in [-0.2, -0.15) is 0 Å². The number of carbonyl (C=O) groups excluding carboxylic acids is 1. The van der Waals surface area contributed by atoms with Crippen LogP contribution in [0.15, 0.2) is 29.2 Å². The maximum atomic E-state index is 12.6. The van der Waals surface area contributed by atoms with Gasteiger partial charge in [0.25, 0.3) is 5.91 Å². The van der Waals surface area contributed by atoms with E-state index in [0.29, 0.717) is 11.9 Å². The Bertz CT molecular complexity index is 417. The minimum Gasteiger partial charge on any atom is -0.336 e. The van der Waals surface area contributed by atoms with E-state index in [9.17, 15) is 4.79 Å². The second kappa shape index (κ2) is 7.20. The first kappa shape index (κ1) is 14.7. The normalized spacial score (nSPS) is 15.1. The molecule has 1 aliphatic rings. The van der Waals surface area contributed by atoms with E-state index in [-0.39, 0.29) is 5.91 Å². The van der Waals surface area contributed by atoms with E-state index in [0.717, 1.165) is 31.4 Å². The van der Waals surface area contributed by atoms with Gasteiger partial charge >= 0.3 is 0 Å². The van der Waals surface area contributed by atoms with Crippen molar-refractivity contribution < 1.29 is 4.79 Å². The van der Waals surface area contributed by atoms with Crippen LogP contribution in [0.2, 0.25) is 0 Å². The van der Waals surface area contributed by atoms with Gasteiger partial charge in [-0.3, -0.25) is 4.79 Å². The fourth-order valence-corrected chi connectivity index (χ4v) is 2.81. The van der Waals surface area contributed by atoms with Crippen LogP contribution in [-0.4, -0.2) is 35.5 Å². The number of alkyl halides is 1. The number of rotatable bonds is 6. The Labute approximate surface area is 124 Å². The third-order valence-electron chi connectivity index (χ3n) is 3.65. The molecule has 0 heterocycles. The van der Waals surface area contributed by atoms with Crippen molar-refractivity contribution in [3.63, 3.8) is 0 Å². The zero-order valence-corrected chi connectivity index (χ0v) is 12.8. The van der Waals surface area contributed by atoms with E-state index in [1.165, 1.54) is 11.3 Å². The zero-order chi connectivity index (χ0) is 13.7. The highest BCUT2D eigenvalue weighted by Crippen LogP contribution is 2.27.